The van der Waals surface area contributed by atoms with E-state index in [1.54, 1.807) is 7.11 Å². The van der Waals surface area contributed by atoms with Gasteiger partial charge in [-0.1, -0.05) is 26.0 Å². The first-order valence-corrected chi connectivity index (χ1v) is 10.8. The summed E-state index contributed by atoms with van der Waals surface area (Å²) in [5, 5.41) is 16.1. The molecule has 0 amide bonds. The fourth-order valence-electron chi connectivity index (χ4n) is 3.21. The van der Waals surface area contributed by atoms with Crippen molar-refractivity contribution in [2.75, 3.05) is 40.0 Å². The Morgan fingerprint density at radius 2 is 1.97 bits per heavy atom. The molecule has 0 fully saturated rings. The van der Waals surface area contributed by atoms with Crippen molar-refractivity contribution in [2.45, 2.75) is 53.5 Å². The molecule has 0 spiro atoms. The summed E-state index contributed by atoms with van der Waals surface area (Å²) in [5.41, 5.74) is 2.24. The highest BCUT2D eigenvalue weighted by Crippen LogP contribution is 2.21. The van der Waals surface area contributed by atoms with Gasteiger partial charge in [-0.05, 0) is 50.2 Å². The van der Waals surface area contributed by atoms with Gasteiger partial charge in [0.1, 0.15) is 5.75 Å². The van der Waals surface area contributed by atoms with Crippen molar-refractivity contribution in [1.29, 1.82) is 0 Å². The SMILES string of the molecule is CCNC(=NCc1ccc(C)cc1OCCCOC)NCC(CCO)CC(C)C.I. The highest BCUT2D eigenvalue weighted by atomic mass is 127. The van der Waals surface area contributed by atoms with E-state index in [-0.39, 0.29) is 30.6 Å². The highest BCUT2D eigenvalue weighted by Gasteiger charge is 2.12. The number of guanidine groups is 1. The molecule has 0 saturated carbocycles. The molecular formula is C23H42IN3O3. The van der Waals surface area contributed by atoms with Crippen molar-refractivity contribution in [3.8, 4) is 5.75 Å². The van der Waals surface area contributed by atoms with Gasteiger partial charge in [-0.25, -0.2) is 4.99 Å². The third kappa shape index (κ3) is 12.6. The number of hydrogen-bond acceptors (Lipinski definition) is 4. The molecule has 0 bridgehead atoms. The molecule has 1 aromatic rings. The molecule has 1 unspecified atom stereocenters. The molecule has 7 heteroatoms. The van der Waals surface area contributed by atoms with Crippen LogP contribution in [0.5, 0.6) is 5.75 Å². The maximum absolute atomic E-state index is 9.33. The minimum atomic E-state index is 0. The van der Waals surface area contributed by atoms with Crippen LogP contribution in [0.25, 0.3) is 0 Å². The Balaban J connectivity index is 0.00000841. The number of nitrogens with one attached hydrogen (secondary N) is 2. The van der Waals surface area contributed by atoms with Crippen LogP contribution in [0, 0.1) is 18.8 Å². The zero-order valence-corrected chi connectivity index (χ0v) is 21.7. The molecule has 0 aromatic heterocycles. The molecule has 30 heavy (non-hydrogen) atoms. The summed E-state index contributed by atoms with van der Waals surface area (Å²) < 4.78 is 11.1. The fourth-order valence-corrected chi connectivity index (χ4v) is 3.21. The molecule has 174 valence electrons. The monoisotopic (exact) mass is 535 g/mol. The molecule has 0 radical (unpaired) electrons. The molecule has 1 atom stereocenters. The molecule has 0 aliphatic carbocycles. The lowest BCUT2D eigenvalue weighted by atomic mass is 9.94. The van der Waals surface area contributed by atoms with Crippen LogP contribution in [-0.2, 0) is 11.3 Å². The molecule has 6 nitrogen and oxygen atoms in total. The number of aliphatic hydroxyl groups is 1. The van der Waals surface area contributed by atoms with E-state index in [0.29, 0.717) is 31.6 Å². The number of nitrogens with zero attached hydrogens (tertiary/aromatic N) is 1. The Kier molecular flexibility index (Phi) is 17.0. The second kappa shape index (κ2) is 17.6. The standard InChI is InChI=1S/C23H41N3O3.HI/c1-6-24-23(25-16-20(10-11-27)14-18(2)3)26-17-21-9-8-19(4)15-22(21)29-13-7-12-28-5;/h8-9,15,18,20,27H,6-7,10-14,16-17H2,1-5H3,(H2,24,25,26);1H. The quantitative estimate of drug-likeness (QED) is 0.145. The normalized spacial score (nSPS) is 12.4. The molecule has 0 aliphatic rings. The number of halogens is 1. The van der Waals surface area contributed by atoms with Gasteiger partial charge in [-0.15, -0.1) is 24.0 Å². The Morgan fingerprint density at radius 3 is 2.60 bits per heavy atom. The van der Waals surface area contributed by atoms with Gasteiger partial charge in [0.25, 0.3) is 0 Å². The molecular weight excluding hydrogens is 493 g/mol. The topological polar surface area (TPSA) is 75.1 Å². The zero-order valence-electron chi connectivity index (χ0n) is 19.4. The summed E-state index contributed by atoms with van der Waals surface area (Å²) in [7, 11) is 1.70. The van der Waals surface area contributed by atoms with Crippen molar-refractivity contribution in [1.82, 2.24) is 10.6 Å². The van der Waals surface area contributed by atoms with Crippen LogP contribution in [0.1, 0.15) is 51.2 Å². The van der Waals surface area contributed by atoms with E-state index in [0.717, 1.165) is 49.6 Å². The lowest BCUT2D eigenvalue weighted by Crippen LogP contribution is -2.40. The smallest absolute Gasteiger partial charge is 0.191 e. The first-order chi connectivity index (χ1) is 14.0. The summed E-state index contributed by atoms with van der Waals surface area (Å²) in [4.78, 5) is 4.76. The first-order valence-electron chi connectivity index (χ1n) is 10.8. The average Bonchev–Trinajstić information content (AvgIpc) is 2.68. The zero-order chi connectivity index (χ0) is 21.5. The third-order valence-electron chi connectivity index (χ3n) is 4.63. The van der Waals surface area contributed by atoms with Crippen molar-refractivity contribution >= 4 is 29.9 Å². The molecule has 1 rings (SSSR count). The number of methoxy groups -OCH3 is 1. The number of benzene rings is 1. The van der Waals surface area contributed by atoms with E-state index in [1.807, 2.05) is 0 Å². The Bertz CT molecular complexity index is 597. The number of hydrogen-bond donors (Lipinski definition) is 3. The van der Waals surface area contributed by atoms with Crippen molar-refractivity contribution < 1.29 is 14.6 Å². The van der Waals surface area contributed by atoms with Gasteiger partial charge in [0.2, 0.25) is 0 Å². The summed E-state index contributed by atoms with van der Waals surface area (Å²) in [6.07, 6.45) is 2.76. The Hall–Kier alpha value is -1.06. The maximum atomic E-state index is 9.33. The molecule has 0 aliphatic heterocycles. The second-order valence-corrected chi connectivity index (χ2v) is 7.89. The van der Waals surface area contributed by atoms with Crippen LogP contribution in [0.2, 0.25) is 0 Å². The maximum Gasteiger partial charge on any atom is 0.191 e. The van der Waals surface area contributed by atoms with Crippen molar-refractivity contribution in [2.24, 2.45) is 16.8 Å². The van der Waals surface area contributed by atoms with Gasteiger partial charge >= 0.3 is 0 Å². The highest BCUT2D eigenvalue weighted by molar-refractivity contribution is 14.0. The van der Waals surface area contributed by atoms with Gasteiger partial charge in [-0.2, -0.15) is 0 Å². The molecule has 3 N–H and O–H groups in total. The van der Waals surface area contributed by atoms with Gasteiger partial charge in [-0.3, -0.25) is 0 Å². The largest absolute Gasteiger partial charge is 0.493 e. The summed E-state index contributed by atoms with van der Waals surface area (Å²) in [6.45, 7) is 12.3. The van der Waals surface area contributed by atoms with E-state index < -0.39 is 0 Å². The van der Waals surface area contributed by atoms with E-state index >= 15 is 0 Å². The number of rotatable bonds is 14. The minimum Gasteiger partial charge on any atom is -0.493 e. The van der Waals surface area contributed by atoms with Gasteiger partial charge in [0.15, 0.2) is 5.96 Å². The first kappa shape index (κ1) is 28.9. The average molecular weight is 536 g/mol. The summed E-state index contributed by atoms with van der Waals surface area (Å²) in [5.74, 6) is 2.73. The Labute approximate surface area is 200 Å². The van der Waals surface area contributed by atoms with E-state index in [4.69, 9.17) is 14.5 Å². The predicted molar refractivity (Wildman–Crippen MR) is 136 cm³/mol. The van der Waals surface area contributed by atoms with Crippen LogP contribution >= 0.6 is 24.0 Å². The third-order valence-corrected chi connectivity index (χ3v) is 4.63. The van der Waals surface area contributed by atoms with Crippen molar-refractivity contribution in [3.63, 3.8) is 0 Å². The number of aliphatic imine (C=N–C) groups is 1. The minimum absolute atomic E-state index is 0. The second-order valence-electron chi connectivity index (χ2n) is 7.89. The predicted octanol–water partition coefficient (Wildman–Crippen LogP) is 4.13. The van der Waals surface area contributed by atoms with E-state index in [1.165, 1.54) is 5.56 Å². The van der Waals surface area contributed by atoms with Crippen LogP contribution in [0.15, 0.2) is 23.2 Å². The lowest BCUT2D eigenvalue weighted by molar-refractivity contribution is 0.172. The molecule has 0 heterocycles. The summed E-state index contributed by atoms with van der Waals surface area (Å²) >= 11 is 0. The number of aliphatic hydroxyl groups excluding tert-OH is 1. The lowest BCUT2D eigenvalue weighted by Gasteiger charge is -2.20. The van der Waals surface area contributed by atoms with Gasteiger partial charge in [0.05, 0.1) is 13.2 Å². The van der Waals surface area contributed by atoms with Crippen LogP contribution < -0.4 is 15.4 Å². The number of aryl methyl sites for hydroxylation is 1. The van der Waals surface area contributed by atoms with E-state index in [2.05, 4.69) is 56.5 Å². The van der Waals surface area contributed by atoms with Gasteiger partial charge < -0.3 is 25.2 Å². The summed E-state index contributed by atoms with van der Waals surface area (Å²) in [6, 6.07) is 6.24. The van der Waals surface area contributed by atoms with Crippen LogP contribution in [-0.4, -0.2) is 51.1 Å². The van der Waals surface area contributed by atoms with Crippen LogP contribution in [0.4, 0.5) is 0 Å². The van der Waals surface area contributed by atoms with E-state index in [9.17, 15) is 5.11 Å². The molecule has 1 aromatic carbocycles. The van der Waals surface area contributed by atoms with Crippen molar-refractivity contribution in [3.05, 3.63) is 29.3 Å². The van der Waals surface area contributed by atoms with Gasteiger partial charge in [0, 0.05) is 45.4 Å². The fraction of sp³-hybridized carbons (Fsp3) is 0.696. The Morgan fingerprint density at radius 1 is 1.20 bits per heavy atom. The number of ether oxygens (including phenoxy) is 2. The molecule has 0 saturated heterocycles. The van der Waals surface area contributed by atoms with Crippen LogP contribution in [0.3, 0.4) is 0 Å².